The second-order valence-electron chi connectivity index (χ2n) is 3.68. The van der Waals surface area contributed by atoms with Crippen LogP contribution in [0.3, 0.4) is 0 Å². The molecular weight excluding hydrogens is 268 g/mol. The normalized spacial score (nSPS) is 12.2. The molecule has 3 nitrogen and oxygen atoms in total. The van der Waals surface area contributed by atoms with E-state index in [9.17, 15) is 4.79 Å². The number of hydrogen-bond donors (Lipinski definition) is 2. The fraction of sp³-hybridized carbons (Fsp3) is 0.417. The van der Waals surface area contributed by atoms with Crippen molar-refractivity contribution in [3.63, 3.8) is 0 Å². The van der Waals surface area contributed by atoms with Crippen LogP contribution in [0.5, 0.6) is 0 Å². The summed E-state index contributed by atoms with van der Waals surface area (Å²) in [4.78, 5) is 11.7. The first-order valence-electron chi connectivity index (χ1n) is 5.43. The zero-order valence-corrected chi connectivity index (χ0v) is 11.2. The van der Waals surface area contributed by atoms with Gasteiger partial charge in [0.15, 0.2) is 0 Å². The fourth-order valence-corrected chi connectivity index (χ4v) is 1.67. The van der Waals surface area contributed by atoms with Crippen molar-refractivity contribution in [1.29, 1.82) is 0 Å². The third-order valence-electron chi connectivity index (χ3n) is 2.19. The zero-order valence-electron chi connectivity index (χ0n) is 9.59. The van der Waals surface area contributed by atoms with Gasteiger partial charge in [-0.3, -0.25) is 4.79 Å². The van der Waals surface area contributed by atoms with Crippen molar-refractivity contribution in [1.82, 2.24) is 5.32 Å². The summed E-state index contributed by atoms with van der Waals surface area (Å²) in [5.74, 6) is -0.00782. The molecule has 1 amide bonds. The summed E-state index contributed by atoms with van der Waals surface area (Å²) in [5.41, 5.74) is 0.810. The van der Waals surface area contributed by atoms with E-state index < -0.39 is 0 Å². The highest BCUT2D eigenvalue weighted by molar-refractivity contribution is 9.10. The summed E-state index contributed by atoms with van der Waals surface area (Å²) in [5, 5.41) is 6.00. The van der Waals surface area contributed by atoms with Crippen molar-refractivity contribution in [3.8, 4) is 0 Å². The molecule has 1 aromatic rings. The Bertz CT molecular complexity index is 355. The summed E-state index contributed by atoms with van der Waals surface area (Å²) in [7, 11) is 0. The Morgan fingerprint density at radius 3 is 2.88 bits per heavy atom. The van der Waals surface area contributed by atoms with E-state index in [4.69, 9.17) is 0 Å². The Morgan fingerprint density at radius 2 is 2.25 bits per heavy atom. The standard InChI is InChI=1S/C12H17BrN2O/c1-3-7-14-9(2)12(16)15-11-6-4-5-10(13)8-11/h4-6,8-9,14H,3,7H2,1-2H3,(H,15,16). The number of carbonyl (C=O) groups is 1. The van der Waals surface area contributed by atoms with Crippen molar-refractivity contribution in [2.45, 2.75) is 26.3 Å². The predicted molar refractivity (Wildman–Crippen MR) is 70.5 cm³/mol. The van der Waals surface area contributed by atoms with Crippen LogP contribution in [0.25, 0.3) is 0 Å². The molecule has 1 atom stereocenters. The molecule has 0 saturated heterocycles. The van der Waals surface area contributed by atoms with E-state index in [1.807, 2.05) is 31.2 Å². The van der Waals surface area contributed by atoms with Crippen molar-refractivity contribution in [2.24, 2.45) is 0 Å². The van der Waals surface area contributed by atoms with Crippen molar-refractivity contribution >= 4 is 27.5 Å². The first-order chi connectivity index (χ1) is 7.63. The van der Waals surface area contributed by atoms with Crippen LogP contribution >= 0.6 is 15.9 Å². The molecule has 0 aliphatic rings. The van der Waals surface area contributed by atoms with E-state index in [2.05, 4.69) is 33.5 Å². The summed E-state index contributed by atoms with van der Waals surface area (Å²) >= 11 is 3.36. The smallest absolute Gasteiger partial charge is 0.241 e. The topological polar surface area (TPSA) is 41.1 Å². The van der Waals surface area contributed by atoms with Gasteiger partial charge in [0.05, 0.1) is 6.04 Å². The quantitative estimate of drug-likeness (QED) is 0.873. The summed E-state index contributed by atoms with van der Waals surface area (Å²) < 4.78 is 0.958. The van der Waals surface area contributed by atoms with Gasteiger partial charge in [0.25, 0.3) is 0 Å². The average Bonchev–Trinajstić information content (AvgIpc) is 2.25. The van der Waals surface area contributed by atoms with Crippen LogP contribution in [0.4, 0.5) is 5.69 Å². The Morgan fingerprint density at radius 1 is 1.50 bits per heavy atom. The average molecular weight is 285 g/mol. The second kappa shape index (κ2) is 6.66. The van der Waals surface area contributed by atoms with Crippen LogP contribution < -0.4 is 10.6 Å². The maximum Gasteiger partial charge on any atom is 0.241 e. The van der Waals surface area contributed by atoms with Gasteiger partial charge < -0.3 is 10.6 Å². The fourth-order valence-electron chi connectivity index (χ4n) is 1.27. The number of halogens is 1. The Kier molecular flexibility index (Phi) is 5.49. The molecule has 1 aromatic carbocycles. The highest BCUT2D eigenvalue weighted by Crippen LogP contribution is 2.15. The number of benzene rings is 1. The first kappa shape index (κ1) is 13.2. The lowest BCUT2D eigenvalue weighted by Crippen LogP contribution is -2.38. The lowest BCUT2D eigenvalue weighted by atomic mass is 10.2. The summed E-state index contributed by atoms with van der Waals surface area (Å²) in [6.45, 7) is 4.79. The van der Waals surface area contributed by atoms with Gasteiger partial charge in [-0.1, -0.05) is 28.9 Å². The van der Waals surface area contributed by atoms with Gasteiger partial charge in [-0.2, -0.15) is 0 Å². The SMILES string of the molecule is CCCNC(C)C(=O)Nc1cccc(Br)c1. The Hall–Kier alpha value is -0.870. The molecule has 0 saturated carbocycles. The van der Waals surface area contributed by atoms with Gasteiger partial charge >= 0.3 is 0 Å². The Labute approximate surface area is 105 Å². The van der Waals surface area contributed by atoms with Crippen LogP contribution in [0.1, 0.15) is 20.3 Å². The minimum atomic E-state index is -0.168. The highest BCUT2D eigenvalue weighted by Gasteiger charge is 2.11. The molecule has 2 N–H and O–H groups in total. The maximum atomic E-state index is 11.7. The highest BCUT2D eigenvalue weighted by atomic mass is 79.9. The van der Waals surface area contributed by atoms with Crippen LogP contribution in [0.2, 0.25) is 0 Å². The molecule has 1 rings (SSSR count). The zero-order chi connectivity index (χ0) is 12.0. The third-order valence-corrected chi connectivity index (χ3v) is 2.68. The first-order valence-corrected chi connectivity index (χ1v) is 6.22. The number of hydrogen-bond acceptors (Lipinski definition) is 2. The molecule has 0 bridgehead atoms. The maximum absolute atomic E-state index is 11.7. The van der Waals surface area contributed by atoms with E-state index in [0.717, 1.165) is 23.1 Å². The van der Waals surface area contributed by atoms with Crippen LogP contribution in [-0.2, 0) is 4.79 Å². The van der Waals surface area contributed by atoms with Gasteiger partial charge in [-0.25, -0.2) is 0 Å². The second-order valence-corrected chi connectivity index (χ2v) is 4.59. The number of anilines is 1. The largest absolute Gasteiger partial charge is 0.325 e. The molecule has 1 unspecified atom stereocenters. The predicted octanol–water partition coefficient (Wildman–Crippen LogP) is 2.78. The van der Waals surface area contributed by atoms with Crippen molar-refractivity contribution in [3.05, 3.63) is 28.7 Å². The van der Waals surface area contributed by atoms with Crippen molar-refractivity contribution in [2.75, 3.05) is 11.9 Å². The van der Waals surface area contributed by atoms with Crippen LogP contribution in [-0.4, -0.2) is 18.5 Å². The monoisotopic (exact) mass is 284 g/mol. The lowest BCUT2D eigenvalue weighted by Gasteiger charge is -2.13. The van der Waals surface area contributed by atoms with E-state index in [1.54, 1.807) is 0 Å². The molecular formula is C12H17BrN2O. The molecule has 16 heavy (non-hydrogen) atoms. The van der Waals surface area contributed by atoms with Gasteiger partial charge in [-0.05, 0) is 38.1 Å². The van der Waals surface area contributed by atoms with E-state index in [0.29, 0.717) is 0 Å². The molecule has 0 aliphatic carbocycles. The van der Waals surface area contributed by atoms with Gasteiger partial charge in [-0.15, -0.1) is 0 Å². The molecule has 0 spiro atoms. The molecule has 0 aliphatic heterocycles. The lowest BCUT2D eigenvalue weighted by molar-refractivity contribution is -0.117. The van der Waals surface area contributed by atoms with Crippen LogP contribution in [0.15, 0.2) is 28.7 Å². The number of nitrogens with one attached hydrogen (secondary N) is 2. The minimum absolute atomic E-state index is 0.00782. The van der Waals surface area contributed by atoms with E-state index in [-0.39, 0.29) is 11.9 Å². The van der Waals surface area contributed by atoms with Crippen LogP contribution in [0, 0.1) is 0 Å². The third kappa shape index (κ3) is 4.33. The summed E-state index contributed by atoms with van der Waals surface area (Å²) in [6, 6.07) is 7.40. The van der Waals surface area contributed by atoms with E-state index in [1.165, 1.54) is 0 Å². The molecule has 0 fully saturated rings. The van der Waals surface area contributed by atoms with Crippen molar-refractivity contribution < 1.29 is 4.79 Å². The van der Waals surface area contributed by atoms with Gasteiger partial charge in [0, 0.05) is 10.2 Å². The Balaban J connectivity index is 2.50. The number of carbonyl (C=O) groups excluding carboxylic acids is 1. The molecule has 0 radical (unpaired) electrons. The van der Waals surface area contributed by atoms with Gasteiger partial charge in [0.1, 0.15) is 0 Å². The minimum Gasteiger partial charge on any atom is -0.325 e. The molecule has 4 heteroatoms. The molecule has 0 aromatic heterocycles. The van der Waals surface area contributed by atoms with E-state index >= 15 is 0 Å². The molecule has 88 valence electrons. The number of rotatable bonds is 5. The molecule has 0 heterocycles. The number of amides is 1. The van der Waals surface area contributed by atoms with Gasteiger partial charge in [0.2, 0.25) is 5.91 Å². The summed E-state index contributed by atoms with van der Waals surface area (Å²) in [6.07, 6.45) is 1.02.